The number of thioether (sulfide) groups is 1. The number of rotatable bonds is 10. The van der Waals surface area contributed by atoms with Crippen LogP contribution in [0.1, 0.15) is 9.75 Å². The summed E-state index contributed by atoms with van der Waals surface area (Å²) in [4.78, 5) is 12.6. The van der Waals surface area contributed by atoms with Gasteiger partial charge >= 0.3 is 0 Å². The number of hydrogen-bond acceptors (Lipinski definition) is 7. The molecular weight excluding hydrogens is 296 g/mol. The lowest BCUT2D eigenvalue weighted by atomic mass is 10.4. The Morgan fingerprint density at radius 3 is 2.85 bits per heavy atom. The van der Waals surface area contributed by atoms with Gasteiger partial charge in [0.05, 0.1) is 4.92 Å². The summed E-state index contributed by atoms with van der Waals surface area (Å²) in [6.45, 7) is 1.61. The van der Waals surface area contributed by atoms with Gasteiger partial charge in [-0.25, -0.2) is 0 Å². The smallest absolute Gasteiger partial charge is 0.274 e. The van der Waals surface area contributed by atoms with Gasteiger partial charge < -0.3 is 16.0 Å². The first kappa shape index (κ1) is 16.8. The van der Waals surface area contributed by atoms with E-state index in [-0.39, 0.29) is 0 Å². The zero-order chi connectivity index (χ0) is 14.8. The van der Waals surface area contributed by atoms with Crippen LogP contribution in [-0.2, 0) is 12.3 Å². The van der Waals surface area contributed by atoms with Gasteiger partial charge in [-0.2, -0.15) is 11.8 Å². The van der Waals surface area contributed by atoms with Crippen molar-refractivity contribution in [1.29, 1.82) is 0 Å². The van der Waals surface area contributed by atoms with Gasteiger partial charge in [0.1, 0.15) is 0 Å². The molecular formula is C12H20N4O2S2. The highest BCUT2D eigenvalue weighted by atomic mass is 32.2. The van der Waals surface area contributed by atoms with E-state index in [9.17, 15) is 10.1 Å². The molecule has 0 radical (unpaired) electrons. The summed E-state index contributed by atoms with van der Waals surface area (Å²) in [7, 11) is 3.60. The van der Waals surface area contributed by atoms with Crippen LogP contribution < -0.4 is 16.0 Å². The Bertz CT molecular complexity index is 448. The topological polar surface area (TPSA) is 79.2 Å². The van der Waals surface area contributed by atoms with Gasteiger partial charge in [-0.05, 0) is 19.2 Å². The van der Waals surface area contributed by atoms with Gasteiger partial charge in [-0.1, -0.05) is 0 Å². The quantitative estimate of drug-likeness (QED) is 0.345. The molecule has 0 unspecified atom stereocenters. The Morgan fingerprint density at radius 1 is 1.45 bits per heavy atom. The third kappa shape index (κ3) is 6.78. The SMILES string of the molecule is CNCc1ccc(CSCCN/C(=C/[N+](=O)[O-])NC)s1. The fraction of sp³-hybridized carbons (Fsp3) is 0.500. The van der Waals surface area contributed by atoms with Crippen molar-refractivity contribution < 1.29 is 4.92 Å². The molecule has 0 aliphatic heterocycles. The summed E-state index contributed by atoms with van der Waals surface area (Å²) < 4.78 is 0. The minimum absolute atomic E-state index is 0.433. The number of nitro groups is 1. The van der Waals surface area contributed by atoms with Crippen LogP contribution in [0.2, 0.25) is 0 Å². The van der Waals surface area contributed by atoms with E-state index < -0.39 is 4.92 Å². The van der Waals surface area contributed by atoms with Gasteiger partial charge in [-0.3, -0.25) is 10.1 Å². The predicted molar refractivity (Wildman–Crippen MR) is 85.4 cm³/mol. The van der Waals surface area contributed by atoms with Gasteiger partial charge in [0.15, 0.2) is 5.82 Å². The molecule has 0 saturated carbocycles. The zero-order valence-electron chi connectivity index (χ0n) is 11.6. The van der Waals surface area contributed by atoms with Crippen LogP contribution in [0, 0.1) is 10.1 Å². The molecule has 3 N–H and O–H groups in total. The van der Waals surface area contributed by atoms with Crippen molar-refractivity contribution in [3.63, 3.8) is 0 Å². The van der Waals surface area contributed by atoms with Crippen LogP contribution in [0.25, 0.3) is 0 Å². The van der Waals surface area contributed by atoms with E-state index in [1.54, 1.807) is 7.05 Å². The molecule has 8 heteroatoms. The normalized spacial score (nSPS) is 11.4. The largest absolute Gasteiger partial charge is 0.370 e. The summed E-state index contributed by atoms with van der Waals surface area (Å²) in [6.07, 6.45) is 0.938. The molecule has 1 aromatic heterocycles. The maximum absolute atomic E-state index is 10.3. The summed E-state index contributed by atoms with van der Waals surface area (Å²) in [5.41, 5.74) is 0. The first-order chi connectivity index (χ1) is 9.65. The summed E-state index contributed by atoms with van der Waals surface area (Å²) in [5.74, 6) is 2.31. The Morgan fingerprint density at radius 2 is 2.20 bits per heavy atom. The highest BCUT2D eigenvalue weighted by Gasteiger charge is 2.01. The lowest BCUT2D eigenvalue weighted by molar-refractivity contribution is -0.404. The van der Waals surface area contributed by atoms with Crippen molar-refractivity contribution in [1.82, 2.24) is 16.0 Å². The van der Waals surface area contributed by atoms with E-state index in [4.69, 9.17) is 0 Å². The Hall–Kier alpha value is -1.25. The molecule has 1 aromatic rings. The Balaban J connectivity index is 2.19. The monoisotopic (exact) mass is 316 g/mol. The van der Waals surface area contributed by atoms with Gasteiger partial charge in [0.25, 0.3) is 6.20 Å². The molecule has 1 rings (SSSR count). The van der Waals surface area contributed by atoms with E-state index in [1.165, 1.54) is 9.75 Å². The average Bonchev–Trinajstić information content (AvgIpc) is 2.84. The van der Waals surface area contributed by atoms with Crippen molar-refractivity contribution >= 4 is 23.1 Å². The lowest BCUT2D eigenvalue weighted by Gasteiger charge is -2.07. The van der Waals surface area contributed by atoms with Crippen LogP contribution >= 0.6 is 23.1 Å². The van der Waals surface area contributed by atoms with E-state index in [2.05, 4.69) is 28.1 Å². The highest BCUT2D eigenvalue weighted by Crippen LogP contribution is 2.21. The molecule has 112 valence electrons. The minimum atomic E-state index is -0.471. The number of hydrogen-bond donors (Lipinski definition) is 3. The number of nitrogens with zero attached hydrogens (tertiary/aromatic N) is 1. The molecule has 0 fully saturated rings. The molecule has 0 bridgehead atoms. The third-order valence-corrected chi connectivity index (χ3v) is 4.65. The van der Waals surface area contributed by atoms with Crippen LogP contribution in [0.5, 0.6) is 0 Å². The van der Waals surface area contributed by atoms with Gasteiger partial charge in [0, 0.05) is 41.4 Å². The second-order valence-electron chi connectivity index (χ2n) is 3.96. The second-order valence-corrected chi connectivity index (χ2v) is 6.31. The zero-order valence-corrected chi connectivity index (χ0v) is 13.3. The van der Waals surface area contributed by atoms with Gasteiger partial charge in [-0.15, -0.1) is 11.3 Å². The predicted octanol–water partition coefficient (Wildman–Crippen LogP) is 1.59. The number of thiophene rings is 1. The molecule has 0 aliphatic rings. The molecule has 0 atom stereocenters. The van der Waals surface area contributed by atoms with Crippen molar-refractivity contribution in [2.75, 3.05) is 26.4 Å². The fourth-order valence-corrected chi connectivity index (χ4v) is 3.50. The highest BCUT2D eigenvalue weighted by molar-refractivity contribution is 7.98. The molecule has 0 aliphatic carbocycles. The molecule has 0 saturated heterocycles. The molecule has 0 aromatic carbocycles. The average molecular weight is 316 g/mol. The van der Waals surface area contributed by atoms with Crippen molar-refractivity contribution in [3.8, 4) is 0 Å². The second kappa shape index (κ2) is 9.62. The summed E-state index contributed by atoms with van der Waals surface area (Å²) in [6, 6.07) is 4.30. The summed E-state index contributed by atoms with van der Waals surface area (Å²) in [5, 5.41) is 19.2. The van der Waals surface area contributed by atoms with Crippen molar-refractivity contribution in [3.05, 3.63) is 44.0 Å². The van der Waals surface area contributed by atoms with Crippen LogP contribution in [0.15, 0.2) is 24.2 Å². The van der Waals surface area contributed by atoms with E-state index in [1.807, 2.05) is 30.1 Å². The molecule has 0 spiro atoms. The number of nitrogens with one attached hydrogen (secondary N) is 3. The maximum Gasteiger partial charge on any atom is 0.274 e. The first-order valence-corrected chi connectivity index (χ1v) is 8.19. The van der Waals surface area contributed by atoms with Crippen LogP contribution in [-0.4, -0.2) is 31.3 Å². The molecule has 0 amide bonds. The van der Waals surface area contributed by atoms with E-state index >= 15 is 0 Å². The third-order valence-electron chi connectivity index (χ3n) is 2.38. The first-order valence-electron chi connectivity index (χ1n) is 6.22. The standard InChI is InChI=1S/C12H20N4O2S2/c1-13-7-10-3-4-11(20-10)9-19-6-5-15-12(14-2)8-16(17)18/h3-4,8,13-15H,5-7,9H2,1-2H3/b12-8+. The van der Waals surface area contributed by atoms with Gasteiger partial charge in [0.2, 0.25) is 0 Å². The fourth-order valence-electron chi connectivity index (χ4n) is 1.50. The van der Waals surface area contributed by atoms with Crippen molar-refractivity contribution in [2.45, 2.75) is 12.3 Å². The minimum Gasteiger partial charge on any atom is -0.370 e. The van der Waals surface area contributed by atoms with E-state index in [0.717, 1.165) is 24.3 Å². The molecule has 6 nitrogen and oxygen atoms in total. The van der Waals surface area contributed by atoms with Crippen LogP contribution in [0.4, 0.5) is 0 Å². The van der Waals surface area contributed by atoms with Crippen molar-refractivity contribution in [2.24, 2.45) is 0 Å². The van der Waals surface area contributed by atoms with E-state index in [0.29, 0.717) is 12.4 Å². The maximum atomic E-state index is 10.3. The molecule has 1 heterocycles. The lowest BCUT2D eigenvalue weighted by Crippen LogP contribution is -2.26. The summed E-state index contributed by atoms with van der Waals surface area (Å²) >= 11 is 3.63. The Kier molecular flexibility index (Phi) is 8.08. The molecule has 20 heavy (non-hydrogen) atoms. The Labute approximate surface area is 127 Å². The van der Waals surface area contributed by atoms with Crippen LogP contribution in [0.3, 0.4) is 0 Å².